The molecule has 0 N–H and O–H groups in total. The van der Waals surface area contributed by atoms with E-state index in [4.69, 9.17) is 9.16 Å². The van der Waals surface area contributed by atoms with Crippen LogP contribution in [0.15, 0.2) is 34.9 Å². The first-order valence-corrected chi connectivity index (χ1v) is 17.8. The van der Waals surface area contributed by atoms with Crippen molar-refractivity contribution >= 4 is 8.32 Å². The first-order valence-electron chi connectivity index (χ1n) is 14.9. The van der Waals surface area contributed by atoms with Crippen LogP contribution >= 0.6 is 0 Å². The molecule has 2 nitrogen and oxygen atoms in total. The lowest BCUT2D eigenvalue weighted by atomic mass is 9.85. The molecule has 3 heteroatoms. The maximum Gasteiger partial charge on any atom is 0.250 e. The molecule has 0 saturated heterocycles. The van der Waals surface area contributed by atoms with Crippen molar-refractivity contribution in [3.8, 4) is 11.5 Å². The van der Waals surface area contributed by atoms with E-state index >= 15 is 0 Å². The van der Waals surface area contributed by atoms with Crippen LogP contribution in [0.2, 0.25) is 18.1 Å². The summed E-state index contributed by atoms with van der Waals surface area (Å²) >= 11 is 0. The van der Waals surface area contributed by atoms with E-state index in [1.54, 1.807) is 0 Å². The van der Waals surface area contributed by atoms with Crippen LogP contribution in [0.1, 0.15) is 123 Å². The molecule has 0 unspecified atom stereocenters. The first kappa shape index (κ1) is 32.5. The summed E-state index contributed by atoms with van der Waals surface area (Å²) in [7, 11) is -1.91. The van der Waals surface area contributed by atoms with E-state index in [1.807, 2.05) is 0 Å². The van der Waals surface area contributed by atoms with Gasteiger partial charge >= 0.3 is 0 Å². The van der Waals surface area contributed by atoms with Gasteiger partial charge in [0.15, 0.2) is 0 Å². The Morgan fingerprint density at radius 2 is 1.42 bits per heavy atom. The first-order chi connectivity index (χ1) is 17.5. The number of hydrogen-bond donors (Lipinski definition) is 0. The molecule has 0 spiro atoms. The van der Waals surface area contributed by atoms with Crippen LogP contribution in [0, 0.1) is 20.8 Å². The Hall–Kier alpha value is -1.74. The van der Waals surface area contributed by atoms with Crippen LogP contribution in [-0.2, 0) is 6.42 Å². The maximum absolute atomic E-state index is 6.86. The summed E-state index contributed by atoms with van der Waals surface area (Å²) in [4.78, 5) is 0. The summed E-state index contributed by atoms with van der Waals surface area (Å²) in [5, 5.41) is 0.178. The van der Waals surface area contributed by atoms with Crippen LogP contribution in [-0.4, -0.2) is 13.9 Å². The third-order valence-corrected chi connectivity index (χ3v) is 13.3. The Morgan fingerprint density at radius 3 is 1.97 bits per heavy atom. The average Bonchev–Trinajstić information content (AvgIpc) is 2.79. The Labute approximate surface area is 237 Å². The highest BCUT2D eigenvalue weighted by atomic mass is 28.4. The molecule has 214 valence electrons. The normalized spacial score (nSPS) is 18.7. The van der Waals surface area contributed by atoms with Gasteiger partial charge in [-0.1, -0.05) is 55.7 Å². The van der Waals surface area contributed by atoms with Crippen LogP contribution in [0.25, 0.3) is 0 Å². The van der Waals surface area contributed by atoms with Crippen molar-refractivity contribution in [1.29, 1.82) is 0 Å². The van der Waals surface area contributed by atoms with Crippen LogP contribution in [0.4, 0.5) is 0 Å². The summed E-state index contributed by atoms with van der Waals surface area (Å²) in [6.45, 7) is 29.5. The Bertz CT molecular complexity index is 1060. The molecule has 1 aliphatic heterocycles. The highest BCUT2D eigenvalue weighted by Gasteiger charge is 2.41. The van der Waals surface area contributed by atoms with Crippen molar-refractivity contribution in [3.63, 3.8) is 0 Å². The van der Waals surface area contributed by atoms with Gasteiger partial charge in [0.05, 0.1) is 0 Å². The molecule has 1 aliphatic rings. The second-order valence-electron chi connectivity index (χ2n) is 13.9. The second-order valence-corrected chi connectivity index (χ2v) is 18.6. The zero-order valence-corrected chi connectivity index (χ0v) is 28.2. The average molecular weight is 539 g/mol. The van der Waals surface area contributed by atoms with Gasteiger partial charge in [-0.3, -0.25) is 0 Å². The fourth-order valence-corrected chi connectivity index (χ4v) is 6.10. The molecule has 1 atom stereocenters. The van der Waals surface area contributed by atoms with Gasteiger partial charge in [0.1, 0.15) is 17.1 Å². The van der Waals surface area contributed by atoms with E-state index in [0.717, 1.165) is 56.4 Å². The van der Waals surface area contributed by atoms with Crippen molar-refractivity contribution in [2.24, 2.45) is 0 Å². The minimum absolute atomic E-state index is 0.114. The number of ether oxygens (including phenoxy) is 1. The Kier molecular flexibility index (Phi) is 11.2. The largest absolute Gasteiger partial charge is 0.543 e. The molecule has 38 heavy (non-hydrogen) atoms. The highest BCUT2D eigenvalue weighted by molar-refractivity contribution is 6.74. The van der Waals surface area contributed by atoms with Gasteiger partial charge in [0.25, 0.3) is 8.32 Å². The van der Waals surface area contributed by atoms with Gasteiger partial charge < -0.3 is 9.16 Å². The van der Waals surface area contributed by atoms with Gasteiger partial charge in [0.2, 0.25) is 0 Å². The quantitative estimate of drug-likeness (QED) is 0.206. The smallest absolute Gasteiger partial charge is 0.250 e. The molecule has 0 amide bonds. The molecular weight excluding hydrogens is 480 g/mol. The SMILES string of the molecule is CC(C)=CCC/C(C)=C/CC/C(C)=C/CC[C@]1(C)CCc2c(C)c(O[Si](C)(C)C(C)(C)C)c(C)c(C)c2O1. The zero-order valence-electron chi connectivity index (χ0n) is 27.2. The maximum atomic E-state index is 6.86. The summed E-state index contributed by atoms with van der Waals surface area (Å²) in [6.07, 6.45) is 16.1. The number of allylic oxidation sites excluding steroid dienone is 6. The molecular formula is C35H58O2Si. The van der Waals surface area contributed by atoms with Crippen LogP contribution < -0.4 is 9.16 Å². The fourth-order valence-electron chi connectivity index (χ4n) is 4.98. The summed E-state index contributed by atoms with van der Waals surface area (Å²) in [5.74, 6) is 2.23. The van der Waals surface area contributed by atoms with Gasteiger partial charge in [-0.2, -0.15) is 0 Å². The number of hydrogen-bond acceptors (Lipinski definition) is 2. The van der Waals surface area contributed by atoms with E-state index in [-0.39, 0.29) is 10.6 Å². The predicted molar refractivity (Wildman–Crippen MR) is 170 cm³/mol. The van der Waals surface area contributed by atoms with Crippen molar-refractivity contribution in [1.82, 2.24) is 0 Å². The molecule has 1 aromatic rings. The highest BCUT2D eigenvalue weighted by Crippen LogP contribution is 2.47. The lowest BCUT2D eigenvalue weighted by molar-refractivity contribution is 0.0559. The third-order valence-electron chi connectivity index (χ3n) is 9.02. The van der Waals surface area contributed by atoms with E-state index in [1.165, 1.54) is 45.4 Å². The minimum Gasteiger partial charge on any atom is -0.543 e. The number of benzene rings is 1. The van der Waals surface area contributed by atoms with Crippen molar-refractivity contribution < 1.29 is 9.16 Å². The van der Waals surface area contributed by atoms with Gasteiger partial charge in [-0.05, 0) is 142 Å². The topological polar surface area (TPSA) is 18.5 Å². The third kappa shape index (κ3) is 8.63. The van der Waals surface area contributed by atoms with Gasteiger partial charge in [-0.25, -0.2) is 0 Å². The Morgan fingerprint density at radius 1 is 0.868 bits per heavy atom. The molecule has 2 rings (SSSR count). The molecule has 0 radical (unpaired) electrons. The molecule has 1 heterocycles. The van der Waals surface area contributed by atoms with Crippen LogP contribution in [0.5, 0.6) is 11.5 Å². The lowest BCUT2D eigenvalue weighted by Gasteiger charge is -2.41. The van der Waals surface area contributed by atoms with E-state index in [0.29, 0.717) is 0 Å². The molecule has 1 aromatic carbocycles. The Balaban J connectivity index is 2.04. The van der Waals surface area contributed by atoms with E-state index < -0.39 is 8.32 Å². The minimum atomic E-state index is -1.91. The molecule has 0 saturated carbocycles. The lowest BCUT2D eigenvalue weighted by Crippen LogP contribution is -2.44. The number of fused-ring (bicyclic) bond motifs is 1. The second kappa shape index (κ2) is 13.1. The van der Waals surface area contributed by atoms with E-state index in [2.05, 4.69) is 107 Å². The van der Waals surface area contributed by atoms with Gasteiger partial charge in [-0.15, -0.1) is 0 Å². The summed E-state index contributed by atoms with van der Waals surface area (Å²) < 4.78 is 13.7. The van der Waals surface area contributed by atoms with Crippen LogP contribution in [0.3, 0.4) is 0 Å². The van der Waals surface area contributed by atoms with Crippen molar-refractivity contribution in [3.05, 3.63) is 57.2 Å². The standard InChI is InChI=1S/C35H58O2Si/c1-25(2)17-14-18-26(3)19-15-20-27(4)21-16-23-35(11)24-22-31-30(7)32(28(5)29(6)33(31)36-35)37-38(12,13)34(8,9)10/h17,19,21H,14-16,18,20,22-24H2,1-13H3/b26-19+,27-21+/t35-/m1/s1. The summed E-state index contributed by atoms with van der Waals surface area (Å²) in [5.41, 5.74) is 9.45. The van der Waals surface area contributed by atoms with Crippen molar-refractivity contribution in [2.45, 2.75) is 151 Å². The molecule has 0 aromatic heterocycles. The van der Waals surface area contributed by atoms with E-state index in [9.17, 15) is 0 Å². The molecule has 0 aliphatic carbocycles. The monoisotopic (exact) mass is 538 g/mol. The fraction of sp³-hybridized carbons (Fsp3) is 0.657. The predicted octanol–water partition coefficient (Wildman–Crippen LogP) is 11.3. The molecule has 0 bridgehead atoms. The molecule has 0 fully saturated rings. The summed E-state index contributed by atoms with van der Waals surface area (Å²) in [6, 6.07) is 0. The van der Waals surface area contributed by atoms with Crippen molar-refractivity contribution in [2.75, 3.05) is 0 Å². The zero-order chi connectivity index (χ0) is 28.9. The van der Waals surface area contributed by atoms with Gasteiger partial charge in [0, 0.05) is 5.56 Å². The number of rotatable bonds is 11.